The smallest absolute Gasteiger partial charge is 0.325 e. The van der Waals surface area contributed by atoms with Gasteiger partial charge in [0.05, 0.1) is 18.6 Å². The van der Waals surface area contributed by atoms with Crippen LogP contribution in [0.25, 0.3) is 0 Å². The molecule has 2 heterocycles. The van der Waals surface area contributed by atoms with Crippen LogP contribution in [0.4, 0.5) is 4.79 Å². The Kier molecular flexibility index (Phi) is 4.18. The number of carbonyl (C=O) groups excluding carboxylic acids is 1. The van der Waals surface area contributed by atoms with E-state index in [1.54, 1.807) is 11.2 Å². The molecule has 6 nitrogen and oxygen atoms in total. The quantitative estimate of drug-likeness (QED) is 0.778. The summed E-state index contributed by atoms with van der Waals surface area (Å²) < 4.78 is 0. The standard InChI is InChI=1S/C20H21N5O/c1-15-18-20(23-14-21-15,22-12-16-8-4-2-5-9-16)25(19(26)24-18)13-17-10-6-3-7-11-17/h2-11,14,22H,12-13H2,1H3,(H,21,23)(H,24,26). The van der Waals surface area contributed by atoms with E-state index in [0.29, 0.717) is 13.1 Å². The summed E-state index contributed by atoms with van der Waals surface area (Å²) in [7, 11) is 0. The first-order valence-electron chi connectivity index (χ1n) is 8.62. The molecular formula is C20H21N5O. The van der Waals surface area contributed by atoms with E-state index in [0.717, 1.165) is 22.5 Å². The number of urea groups is 1. The molecule has 2 aliphatic heterocycles. The SMILES string of the molecule is CC1=C2NC(=O)N(Cc3ccccc3)C2(NCc2ccccc2)NC=N1. The van der Waals surface area contributed by atoms with E-state index in [1.165, 1.54) is 0 Å². The van der Waals surface area contributed by atoms with Gasteiger partial charge in [-0.25, -0.2) is 9.79 Å². The van der Waals surface area contributed by atoms with Gasteiger partial charge in [0.25, 0.3) is 0 Å². The number of carbonyl (C=O) groups is 1. The topological polar surface area (TPSA) is 68.8 Å². The van der Waals surface area contributed by atoms with Crippen molar-refractivity contribution >= 4 is 12.4 Å². The summed E-state index contributed by atoms with van der Waals surface area (Å²) in [5.74, 6) is -0.839. The maximum Gasteiger partial charge on any atom is 0.325 e. The van der Waals surface area contributed by atoms with E-state index >= 15 is 0 Å². The lowest BCUT2D eigenvalue weighted by Crippen LogP contribution is -2.66. The minimum Gasteiger partial charge on any atom is -0.336 e. The first kappa shape index (κ1) is 16.4. The highest BCUT2D eigenvalue weighted by atomic mass is 16.2. The van der Waals surface area contributed by atoms with Gasteiger partial charge in [0.15, 0.2) is 0 Å². The molecule has 1 atom stereocenters. The zero-order valence-electron chi connectivity index (χ0n) is 14.6. The van der Waals surface area contributed by atoms with Crippen molar-refractivity contribution in [2.75, 3.05) is 0 Å². The summed E-state index contributed by atoms with van der Waals surface area (Å²) in [6.45, 7) is 2.99. The Morgan fingerprint density at radius 1 is 1.04 bits per heavy atom. The van der Waals surface area contributed by atoms with Gasteiger partial charge in [-0.15, -0.1) is 0 Å². The molecule has 0 aromatic heterocycles. The molecule has 0 bridgehead atoms. The van der Waals surface area contributed by atoms with E-state index in [2.05, 4.69) is 33.1 Å². The highest BCUT2D eigenvalue weighted by Gasteiger charge is 2.51. The lowest BCUT2D eigenvalue weighted by molar-refractivity contribution is 0.119. The molecule has 2 aliphatic rings. The normalized spacial score (nSPS) is 21.4. The van der Waals surface area contributed by atoms with Crippen molar-refractivity contribution in [3.05, 3.63) is 83.2 Å². The molecule has 1 fully saturated rings. The molecule has 132 valence electrons. The summed E-state index contributed by atoms with van der Waals surface area (Å²) in [4.78, 5) is 18.8. The Hall–Kier alpha value is -3.12. The number of benzene rings is 2. The van der Waals surface area contributed by atoms with Gasteiger partial charge in [-0.1, -0.05) is 60.7 Å². The van der Waals surface area contributed by atoms with E-state index in [9.17, 15) is 4.79 Å². The Bertz CT molecular complexity index is 862. The fourth-order valence-electron chi connectivity index (χ4n) is 3.36. The average molecular weight is 347 g/mol. The minimum atomic E-state index is -0.839. The van der Waals surface area contributed by atoms with Crippen LogP contribution in [-0.4, -0.2) is 23.1 Å². The van der Waals surface area contributed by atoms with E-state index in [-0.39, 0.29) is 6.03 Å². The summed E-state index contributed by atoms with van der Waals surface area (Å²) >= 11 is 0. The van der Waals surface area contributed by atoms with Crippen LogP contribution in [0.5, 0.6) is 0 Å². The summed E-state index contributed by atoms with van der Waals surface area (Å²) in [5.41, 5.74) is 3.74. The second-order valence-corrected chi connectivity index (χ2v) is 6.41. The van der Waals surface area contributed by atoms with Crippen LogP contribution >= 0.6 is 0 Å². The molecule has 1 unspecified atom stereocenters. The van der Waals surface area contributed by atoms with E-state index in [4.69, 9.17) is 0 Å². The van der Waals surface area contributed by atoms with Crippen LogP contribution in [0.3, 0.4) is 0 Å². The lowest BCUT2D eigenvalue weighted by Gasteiger charge is -2.40. The molecule has 3 N–H and O–H groups in total. The second kappa shape index (κ2) is 6.65. The van der Waals surface area contributed by atoms with Crippen molar-refractivity contribution in [3.63, 3.8) is 0 Å². The third kappa shape index (κ3) is 2.84. The molecule has 26 heavy (non-hydrogen) atoms. The van der Waals surface area contributed by atoms with Crippen LogP contribution in [0.2, 0.25) is 0 Å². The predicted molar refractivity (Wildman–Crippen MR) is 101 cm³/mol. The van der Waals surface area contributed by atoms with Gasteiger partial charge >= 0.3 is 6.03 Å². The van der Waals surface area contributed by atoms with Gasteiger partial charge in [0.1, 0.15) is 5.70 Å². The Morgan fingerprint density at radius 3 is 2.38 bits per heavy atom. The van der Waals surface area contributed by atoms with Crippen molar-refractivity contribution in [2.45, 2.75) is 25.8 Å². The zero-order valence-corrected chi connectivity index (χ0v) is 14.6. The maximum absolute atomic E-state index is 12.8. The Morgan fingerprint density at radius 2 is 1.69 bits per heavy atom. The number of nitrogens with one attached hydrogen (secondary N) is 3. The molecule has 0 aliphatic carbocycles. The molecule has 6 heteroatoms. The molecule has 0 saturated carbocycles. The summed E-state index contributed by atoms with van der Waals surface area (Å²) in [6.07, 6.45) is 1.65. The fraction of sp³-hybridized carbons (Fsp3) is 0.200. The van der Waals surface area contributed by atoms with Crippen molar-refractivity contribution in [1.82, 2.24) is 20.9 Å². The van der Waals surface area contributed by atoms with Crippen LogP contribution in [0.15, 0.2) is 77.1 Å². The van der Waals surface area contributed by atoms with Crippen molar-refractivity contribution < 1.29 is 4.79 Å². The third-order valence-electron chi connectivity index (χ3n) is 4.71. The van der Waals surface area contributed by atoms with E-state index in [1.807, 2.05) is 55.5 Å². The minimum absolute atomic E-state index is 0.151. The van der Waals surface area contributed by atoms with Gasteiger partial charge in [-0.2, -0.15) is 0 Å². The van der Waals surface area contributed by atoms with Crippen LogP contribution < -0.4 is 16.0 Å². The van der Waals surface area contributed by atoms with Gasteiger partial charge in [0.2, 0.25) is 5.79 Å². The number of fused-ring (bicyclic) bond motifs is 1. The van der Waals surface area contributed by atoms with Crippen LogP contribution in [-0.2, 0) is 13.1 Å². The second-order valence-electron chi connectivity index (χ2n) is 6.41. The molecule has 2 aromatic rings. The number of amides is 2. The number of nitrogens with zero attached hydrogens (tertiary/aromatic N) is 2. The van der Waals surface area contributed by atoms with Gasteiger partial charge < -0.3 is 10.6 Å². The molecule has 1 saturated heterocycles. The molecule has 2 amide bonds. The van der Waals surface area contributed by atoms with Crippen LogP contribution in [0.1, 0.15) is 18.1 Å². The van der Waals surface area contributed by atoms with Gasteiger partial charge in [-0.05, 0) is 18.1 Å². The molecule has 2 aromatic carbocycles. The zero-order chi connectivity index (χ0) is 18.0. The summed E-state index contributed by atoms with van der Waals surface area (Å²) in [6, 6.07) is 19.9. The Balaban J connectivity index is 1.67. The van der Waals surface area contributed by atoms with Gasteiger partial charge in [0, 0.05) is 6.54 Å². The van der Waals surface area contributed by atoms with Crippen LogP contribution in [0, 0.1) is 0 Å². The highest BCUT2D eigenvalue weighted by molar-refractivity contribution is 5.84. The maximum atomic E-state index is 12.8. The molecule has 0 radical (unpaired) electrons. The number of aliphatic imine (C=N–C) groups is 1. The molecule has 0 spiro atoms. The number of hydrogen-bond acceptors (Lipinski definition) is 4. The molecule has 4 rings (SSSR count). The number of allylic oxidation sites excluding steroid dienone is 1. The number of rotatable bonds is 5. The Labute approximate surface area is 152 Å². The van der Waals surface area contributed by atoms with Crippen molar-refractivity contribution in [2.24, 2.45) is 4.99 Å². The van der Waals surface area contributed by atoms with Crippen molar-refractivity contribution in [3.8, 4) is 0 Å². The van der Waals surface area contributed by atoms with E-state index < -0.39 is 5.79 Å². The summed E-state index contributed by atoms with van der Waals surface area (Å²) in [5, 5.41) is 9.79. The average Bonchev–Trinajstić information content (AvgIpc) is 2.96. The first-order valence-corrected chi connectivity index (χ1v) is 8.62. The largest absolute Gasteiger partial charge is 0.336 e. The highest BCUT2D eigenvalue weighted by Crippen LogP contribution is 2.31. The first-order chi connectivity index (χ1) is 12.7. The van der Waals surface area contributed by atoms with Gasteiger partial charge in [-0.3, -0.25) is 10.2 Å². The van der Waals surface area contributed by atoms with Crippen molar-refractivity contribution in [1.29, 1.82) is 0 Å². The number of hydrogen-bond donors (Lipinski definition) is 3. The fourth-order valence-corrected chi connectivity index (χ4v) is 3.36. The lowest BCUT2D eigenvalue weighted by atomic mass is 10.1. The molecular weight excluding hydrogens is 326 g/mol. The predicted octanol–water partition coefficient (Wildman–Crippen LogP) is 2.52. The third-order valence-corrected chi connectivity index (χ3v) is 4.71. The monoisotopic (exact) mass is 347 g/mol.